The maximum Gasteiger partial charge on any atom is 0.166 e. The molecule has 2 N–H and O–H groups in total. The molecular weight excluding hydrogens is 180 g/mol. The quantitative estimate of drug-likeness (QED) is 0.718. The Bertz CT molecular complexity index is 318. The van der Waals surface area contributed by atoms with Crippen LogP contribution in [0.15, 0.2) is 24.3 Å². The Morgan fingerprint density at radius 1 is 1.43 bits per heavy atom. The van der Waals surface area contributed by atoms with Crippen molar-refractivity contribution in [1.82, 2.24) is 0 Å². The summed E-state index contributed by atoms with van der Waals surface area (Å²) in [6.07, 6.45) is 0.201. The van der Waals surface area contributed by atoms with Gasteiger partial charge in [-0.25, -0.2) is 0 Å². The minimum Gasteiger partial charge on any atom is -0.507 e. The number of para-hydroxylation sites is 1. The number of hydrogen-bond donors (Lipinski definition) is 2. The highest BCUT2D eigenvalue weighted by atomic mass is 16.3. The number of aromatic hydroxyl groups is 1. The number of rotatable bonds is 4. The van der Waals surface area contributed by atoms with Crippen LogP contribution in [0.25, 0.3) is 0 Å². The summed E-state index contributed by atoms with van der Waals surface area (Å²) < 4.78 is 0. The summed E-state index contributed by atoms with van der Waals surface area (Å²) in [4.78, 5) is 11.5. The monoisotopic (exact) mass is 194 g/mol. The third-order valence-corrected chi connectivity index (χ3v) is 1.99. The lowest BCUT2D eigenvalue weighted by molar-refractivity contribution is 0.0947. The average Bonchev–Trinajstić information content (AvgIpc) is 2.15. The number of aliphatic hydroxyl groups excluding tert-OH is 1. The molecule has 0 radical (unpaired) electrons. The van der Waals surface area contributed by atoms with E-state index in [4.69, 9.17) is 5.11 Å². The number of benzene rings is 1. The van der Waals surface area contributed by atoms with Gasteiger partial charge in [0.2, 0.25) is 0 Å². The van der Waals surface area contributed by atoms with E-state index >= 15 is 0 Å². The van der Waals surface area contributed by atoms with Crippen LogP contribution in [0, 0.1) is 0 Å². The summed E-state index contributed by atoms with van der Waals surface area (Å²) in [5.41, 5.74) is 0.327. The smallest absolute Gasteiger partial charge is 0.166 e. The molecule has 0 aromatic heterocycles. The standard InChI is InChI=1S/C11H14O3/c1-8(12)6-7-11(14)9-4-2-3-5-10(9)13/h2-5,8,12-13H,6-7H2,1H3. The average molecular weight is 194 g/mol. The van der Waals surface area contributed by atoms with Crippen LogP contribution in [0.2, 0.25) is 0 Å². The molecule has 3 nitrogen and oxygen atoms in total. The van der Waals surface area contributed by atoms with Gasteiger partial charge < -0.3 is 10.2 Å². The Labute approximate surface area is 83.0 Å². The molecule has 1 unspecified atom stereocenters. The number of aliphatic hydroxyl groups is 1. The second-order valence-corrected chi connectivity index (χ2v) is 3.33. The maximum absolute atomic E-state index is 11.5. The number of ketones is 1. The molecule has 1 aromatic rings. The highest BCUT2D eigenvalue weighted by Gasteiger charge is 2.10. The van der Waals surface area contributed by atoms with E-state index in [1.807, 2.05) is 0 Å². The van der Waals surface area contributed by atoms with Gasteiger partial charge in [-0.05, 0) is 25.5 Å². The van der Waals surface area contributed by atoms with Crippen LogP contribution in [0.4, 0.5) is 0 Å². The number of hydrogen-bond acceptors (Lipinski definition) is 3. The Morgan fingerprint density at radius 2 is 2.07 bits per heavy atom. The minimum atomic E-state index is -0.482. The summed E-state index contributed by atoms with van der Waals surface area (Å²) >= 11 is 0. The predicted octanol–water partition coefficient (Wildman–Crippen LogP) is 1.74. The molecular formula is C11H14O3. The first-order valence-corrected chi connectivity index (χ1v) is 4.60. The number of phenols is 1. The molecule has 0 saturated heterocycles. The molecule has 0 bridgehead atoms. The lowest BCUT2D eigenvalue weighted by Crippen LogP contribution is -2.05. The summed E-state index contributed by atoms with van der Waals surface area (Å²) in [6, 6.07) is 6.44. The summed E-state index contributed by atoms with van der Waals surface area (Å²) in [6.45, 7) is 1.64. The van der Waals surface area contributed by atoms with Gasteiger partial charge >= 0.3 is 0 Å². The van der Waals surface area contributed by atoms with Crippen molar-refractivity contribution in [2.75, 3.05) is 0 Å². The fraction of sp³-hybridized carbons (Fsp3) is 0.364. The van der Waals surface area contributed by atoms with E-state index in [2.05, 4.69) is 0 Å². The first kappa shape index (κ1) is 10.7. The molecule has 1 aromatic carbocycles. The first-order chi connectivity index (χ1) is 6.61. The molecule has 76 valence electrons. The van der Waals surface area contributed by atoms with E-state index in [0.29, 0.717) is 12.0 Å². The molecule has 0 aliphatic rings. The molecule has 0 heterocycles. The van der Waals surface area contributed by atoms with Crippen molar-refractivity contribution in [2.24, 2.45) is 0 Å². The topological polar surface area (TPSA) is 57.5 Å². The van der Waals surface area contributed by atoms with Gasteiger partial charge in [0.1, 0.15) is 5.75 Å². The second-order valence-electron chi connectivity index (χ2n) is 3.33. The first-order valence-electron chi connectivity index (χ1n) is 4.60. The lowest BCUT2D eigenvalue weighted by atomic mass is 10.0. The number of carbonyl (C=O) groups is 1. The van der Waals surface area contributed by atoms with E-state index in [0.717, 1.165) is 0 Å². The van der Waals surface area contributed by atoms with Gasteiger partial charge in [-0.15, -0.1) is 0 Å². The van der Waals surface area contributed by atoms with Crippen LogP contribution < -0.4 is 0 Å². The zero-order valence-electron chi connectivity index (χ0n) is 8.10. The van der Waals surface area contributed by atoms with E-state index in [1.54, 1.807) is 25.1 Å². The zero-order chi connectivity index (χ0) is 10.6. The van der Waals surface area contributed by atoms with Gasteiger partial charge in [0, 0.05) is 6.42 Å². The van der Waals surface area contributed by atoms with Crippen LogP contribution in [0.3, 0.4) is 0 Å². The van der Waals surface area contributed by atoms with Crippen molar-refractivity contribution in [3.05, 3.63) is 29.8 Å². The fourth-order valence-electron chi connectivity index (χ4n) is 1.18. The van der Waals surface area contributed by atoms with Crippen molar-refractivity contribution in [3.63, 3.8) is 0 Å². The maximum atomic E-state index is 11.5. The van der Waals surface area contributed by atoms with E-state index in [1.165, 1.54) is 6.07 Å². The molecule has 0 aliphatic heterocycles. The molecule has 0 aliphatic carbocycles. The van der Waals surface area contributed by atoms with E-state index < -0.39 is 6.10 Å². The minimum absolute atomic E-state index is 0.00286. The SMILES string of the molecule is CC(O)CCC(=O)c1ccccc1O. The van der Waals surface area contributed by atoms with Gasteiger partial charge in [0.05, 0.1) is 11.7 Å². The third kappa shape index (κ3) is 2.85. The summed E-state index contributed by atoms with van der Waals surface area (Å²) in [7, 11) is 0. The largest absolute Gasteiger partial charge is 0.507 e. The van der Waals surface area contributed by atoms with Gasteiger partial charge in [0.15, 0.2) is 5.78 Å². The van der Waals surface area contributed by atoms with Crippen molar-refractivity contribution >= 4 is 5.78 Å². The van der Waals surface area contributed by atoms with Gasteiger partial charge in [-0.1, -0.05) is 12.1 Å². The Hall–Kier alpha value is -1.35. The van der Waals surface area contributed by atoms with Crippen molar-refractivity contribution in [2.45, 2.75) is 25.9 Å². The highest BCUT2D eigenvalue weighted by Crippen LogP contribution is 2.18. The summed E-state index contributed by atoms with van der Waals surface area (Å²) in [5, 5.41) is 18.4. The van der Waals surface area contributed by atoms with Crippen LogP contribution in [-0.2, 0) is 0 Å². The van der Waals surface area contributed by atoms with E-state index in [9.17, 15) is 9.90 Å². The molecule has 0 spiro atoms. The van der Waals surface area contributed by atoms with Crippen LogP contribution in [0.1, 0.15) is 30.1 Å². The molecule has 0 fully saturated rings. The Kier molecular flexibility index (Phi) is 3.65. The lowest BCUT2D eigenvalue weighted by Gasteiger charge is -2.04. The van der Waals surface area contributed by atoms with Crippen molar-refractivity contribution < 1.29 is 15.0 Å². The van der Waals surface area contributed by atoms with Crippen molar-refractivity contribution in [1.29, 1.82) is 0 Å². The highest BCUT2D eigenvalue weighted by molar-refractivity contribution is 5.98. The number of phenolic OH excluding ortho intramolecular Hbond substituents is 1. The molecule has 14 heavy (non-hydrogen) atoms. The van der Waals surface area contributed by atoms with Crippen LogP contribution in [0.5, 0.6) is 5.75 Å². The van der Waals surface area contributed by atoms with Crippen LogP contribution >= 0.6 is 0 Å². The molecule has 1 rings (SSSR count). The van der Waals surface area contributed by atoms with Gasteiger partial charge in [0.25, 0.3) is 0 Å². The fourth-order valence-corrected chi connectivity index (χ4v) is 1.18. The van der Waals surface area contributed by atoms with Crippen LogP contribution in [-0.4, -0.2) is 22.1 Å². The van der Waals surface area contributed by atoms with E-state index in [-0.39, 0.29) is 18.0 Å². The van der Waals surface area contributed by atoms with Gasteiger partial charge in [-0.3, -0.25) is 4.79 Å². The molecule has 1 atom stereocenters. The van der Waals surface area contributed by atoms with Crippen molar-refractivity contribution in [3.8, 4) is 5.75 Å². The second kappa shape index (κ2) is 4.77. The van der Waals surface area contributed by atoms with Gasteiger partial charge in [-0.2, -0.15) is 0 Å². The number of carbonyl (C=O) groups excluding carboxylic acids is 1. The third-order valence-electron chi connectivity index (χ3n) is 1.99. The molecule has 3 heteroatoms. The zero-order valence-corrected chi connectivity index (χ0v) is 8.10. The summed E-state index contributed by atoms with van der Waals surface area (Å²) in [5.74, 6) is -0.132. The Morgan fingerprint density at radius 3 is 2.64 bits per heavy atom. The predicted molar refractivity (Wildman–Crippen MR) is 53.4 cm³/mol. The number of Topliss-reactive ketones (excluding diaryl/α,β-unsaturated/α-hetero) is 1. The molecule has 0 saturated carbocycles. The Balaban J connectivity index is 2.65. The molecule has 0 amide bonds. The normalized spacial score (nSPS) is 12.4.